The first-order chi connectivity index (χ1) is 13.6. The van der Waals surface area contributed by atoms with Crippen molar-refractivity contribution in [2.75, 3.05) is 19.4 Å². The zero-order valence-corrected chi connectivity index (χ0v) is 17.4. The molecule has 0 unspecified atom stereocenters. The van der Waals surface area contributed by atoms with Crippen LogP contribution in [0.3, 0.4) is 0 Å². The second-order valence-corrected chi connectivity index (χ2v) is 8.77. The first kappa shape index (κ1) is 19.3. The highest BCUT2D eigenvalue weighted by atomic mass is 32.2. The Labute approximate surface area is 171 Å². The van der Waals surface area contributed by atoms with Crippen molar-refractivity contribution in [2.24, 2.45) is 0 Å². The van der Waals surface area contributed by atoms with E-state index in [1.54, 1.807) is 20.9 Å². The minimum atomic E-state index is -0.0895. The van der Waals surface area contributed by atoms with E-state index in [0.717, 1.165) is 34.7 Å². The first-order valence-electron chi connectivity index (χ1n) is 9.23. The Kier molecular flexibility index (Phi) is 5.88. The second kappa shape index (κ2) is 8.54. The topological polar surface area (TPSA) is 86.0 Å². The van der Waals surface area contributed by atoms with Crippen LogP contribution >= 0.6 is 23.1 Å². The van der Waals surface area contributed by atoms with Crippen LogP contribution in [0.5, 0.6) is 0 Å². The number of para-hydroxylation sites is 1. The second-order valence-electron chi connectivity index (χ2n) is 6.77. The molecule has 0 N–H and O–H groups in total. The lowest BCUT2D eigenvalue weighted by molar-refractivity contribution is -0.128. The van der Waals surface area contributed by atoms with Gasteiger partial charge in [0.25, 0.3) is 0 Å². The molecule has 1 aliphatic rings. The van der Waals surface area contributed by atoms with Crippen LogP contribution in [-0.2, 0) is 16.1 Å². The van der Waals surface area contributed by atoms with Crippen LogP contribution in [0.4, 0.5) is 0 Å². The Morgan fingerprint density at radius 3 is 3.11 bits per heavy atom. The van der Waals surface area contributed by atoms with Gasteiger partial charge >= 0.3 is 0 Å². The van der Waals surface area contributed by atoms with Gasteiger partial charge in [-0.1, -0.05) is 23.9 Å². The summed E-state index contributed by atoms with van der Waals surface area (Å²) in [6.45, 7) is 3.42. The van der Waals surface area contributed by atoms with Crippen molar-refractivity contribution in [1.29, 1.82) is 0 Å². The van der Waals surface area contributed by atoms with Crippen LogP contribution in [-0.4, -0.2) is 61.5 Å². The van der Waals surface area contributed by atoms with E-state index in [9.17, 15) is 4.79 Å². The molecule has 3 heterocycles. The van der Waals surface area contributed by atoms with Crippen molar-refractivity contribution in [3.8, 4) is 0 Å². The van der Waals surface area contributed by atoms with Crippen LogP contribution in [0.15, 0.2) is 29.4 Å². The number of tetrazole rings is 1. The van der Waals surface area contributed by atoms with Gasteiger partial charge in [-0.25, -0.2) is 9.67 Å². The number of aromatic nitrogens is 5. The van der Waals surface area contributed by atoms with Crippen LogP contribution in [0.2, 0.25) is 0 Å². The molecule has 2 aromatic heterocycles. The molecule has 1 fully saturated rings. The average Bonchev–Trinajstić information content (AvgIpc) is 3.46. The number of carbonyl (C=O) groups excluding carboxylic acids is 1. The lowest BCUT2D eigenvalue weighted by atomic mass is 10.2. The van der Waals surface area contributed by atoms with Crippen molar-refractivity contribution < 1.29 is 9.53 Å². The molecule has 0 radical (unpaired) electrons. The van der Waals surface area contributed by atoms with E-state index in [4.69, 9.17) is 4.74 Å². The SMILES string of the molecule is C[C@@H](c1nc2ccccc2s1)N(C)C(=O)CSc1nnnn1C[C@@H]1CCCO1. The highest BCUT2D eigenvalue weighted by molar-refractivity contribution is 7.99. The number of carbonyl (C=O) groups is 1. The molecular formula is C18H22N6O2S2. The summed E-state index contributed by atoms with van der Waals surface area (Å²) in [4.78, 5) is 19.1. The van der Waals surface area contributed by atoms with Crippen LogP contribution in [0.1, 0.15) is 30.8 Å². The molecule has 4 rings (SSSR count). The number of rotatable bonds is 7. The smallest absolute Gasteiger partial charge is 0.233 e. The molecule has 1 saturated heterocycles. The van der Waals surface area contributed by atoms with E-state index >= 15 is 0 Å². The zero-order chi connectivity index (χ0) is 19.5. The van der Waals surface area contributed by atoms with E-state index in [-0.39, 0.29) is 23.8 Å². The Bertz CT molecular complexity index is 919. The van der Waals surface area contributed by atoms with Crippen molar-refractivity contribution in [3.63, 3.8) is 0 Å². The molecule has 3 aromatic rings. The van der Waals surface area contributed by atoms with Gasteiger partial charge in [-0.05, 0) is 42.3 Å². The summed E-state index contributed by atoms with van der Waals surface area (Å²) in [7, 11) is 1.81. The van der Waals surface area contributed by atoms with Gasteiger partial charge in [0, 0.05) is 13.7 Å². The molecule has 2 atom stereocenters. The Morgan fingerprint density at radius 2 is 2.32 bits per heavy atom. The maximum atomic E-state index is 12.7. The van der Waals surface area contributed by atoms with Crippen molar-refractivity contribution in [1.82, 2.24) is 30.1 Å². The summed E-state index contributed by atoms with van der Waals surface area (Å²) in [5, 5.41) is 13.4. The maximum absolute atomic E-state index is 12.7. The van der Waals surface area contributed by atoms with Crippen molar-refractivity contribution >= 4 is 39.2 Å². The fraction of sp³-hybridized carbons (Fsp3) is 0.500. The van der Waals surface area contributed by atoms with Crippen molar-refractivity contribution in [3.05, 3.63) is 29.3 Å². The molecule has 0 spiro atoms. The molecule has 1 aromatic carbocycles. The summed E-state index contributed by atoms with van der Waals surface area (Å²) in [6, 6.07) is 7.93. The fourth-order valence-corrected chi connectivity index (χ4v) is 4.95. The zero-order valence-electron chi connectivity index (χ0n) is 15.8. The summed E-state index contributed by atoms with van der Waals surface area (Å²) < 4.78 is 8.50. The lowest BCUT2D eigenvalue weighted by Crippen LogP contribution is -2.31. The van der Waals surface area contributed by atoms with Gasteiger partial charge < -0.3 is 9.64 Å². The van der Waals surface area contributed by atoms with Gasteiger partial charge in [-0.15, -0.1) is 16.4 Å². The predicted molar refractivity (Wildman–Crippen MR) is 108 cm³/mol. The molecule has 0 bridgehead atoms. The van der Waals surface area contributed by atoms with Gasteiger partial charge in [-0.2, -0.15) is 0 Å². The van der Waals surface area contributed by atoms with Gasteiger partial charge in [0.1, 0.15) is 5.01 Å². The monoisotopic (exact) mass is 418 g/mol. The van der Waals surface area contributed by atoms with Gasteiger partial charge in [-0.3, -0.25) is 4.79 Å². The number of hydrogen-bond acceptors (Lipinski definition) is 8. The normalized spacial score (nSPS) is 17.9. The minimum absolute atomic E-state index is 0.0171. The first-order valence-corrected chi connectivity index (χ1v) is 11.0. The number of thioether (sulfide) groups is 1. The summed E-state index contributed by atoms with van der Waals surface area (Å²) in [6.07, 6.45) is 2.24. The number of nitrogens with zero attached hydrogens (tertiary/aromatic N) is 6. The van der Waals surface area contributed by atoms with Gasteiger partial charge in [0.05, 0.1) is 34.7 Å². The number of ether oxygens (including phenoxy) is 1. The average molecular weight is 419 g/mol. The third-order valence-electron chi connectivity index (χ3n) is 4.87. The van der Waals surface area contributed by atoms with E-state index < -0.39 is 0 Å². The summed E-state index contributed by atoms with van der Waals surface area (Å²) in [5.74, 6) is 0.292. The number of thiazole rings is 1. The maximum Gasteiger partial charge on any atom is 0.233 e. The molecule has 10 heteroatoms. The Morgan fingerprint density at radius 1 is 1.46 bits per heavy atom. The number of hydrogen-bond donors (Lipinski definition) is 0. The van der Waals surface area contributed by atoms with E-state index in [1.165, 1.54) is 11.8 Å². The van der Waals surface area contributed by atoms with Crippen LogP contribution in [0.25, 0.3) is 10.2 Å². The van der Waals surface area contributed by atoms with E-state index in [0.29, 0.717) is 11.7 Å². The molecule has 0 aliphatic carbocycles. The summed E-state index contributed by atoms with van der Waals surface area (Å²) >= 11 is 2.98. The molecule has 1 aliphatic heterocycles. The molecule has 8 nitrogen and oxygen atoms in total. The van der Waals surface area contributed by atoms with Gasteiger partial charge in [0.2, 0.25) is 11.1 Å². The molecule has 0 saturated carbocycles. The molecular weight excluding hydrogens is 396 g/mol. The lowest BCUT2D eigenvalue weighted by Gasteiger charge is -2.23. The Balaban J connectivity index is 1.36. The van der Waals surface area contributed by atoms with E-state index in [1.807, 2.05) is 32.2 Å². The number of benzene rings is 1. The minimum Gasteiger partial charge on any atom is -0.376 e. The predicted octanol–water partition coefficient (Wildman–Crippen LogP) is 2.77. The van der Waals surface area contributed by atoms with Crippen molar-refractivity contribution in [2.45, 2.75) is 43.6 Å². The highest BCUT2D eigenvalue weighted by Gasteiger charge is 2.23. The van der Waals surface area contributed by atoms with Crippen LogP contribution in [0, 0.1) is 0 Å². The largest absolute Gasteiger partial charge is 0.376 e. The third-order valence-corrected chi connectivity index (χ3v) is 7.02. The molecule has 148 valence electrons. The number of amides is 1. The third kappa shape index (κ3) is 4.18. The summed E-state index contributed by atoms with van der Waals surface area (Å²) in [5.41, 5.74) is 0.970. The standard InChI is InChI=1S/C18H22N6O2S2/c1-12(17-19-14-7-3-4-8-15(14)28-17)23(2)16(25)11-27-18-20-21-22-24(18)10-13-6-5-9-26-13/h3-4,7-8,12-13H,5-6,9-11H2,1-2H3/t12-,13-/m0/s1. The fourth-order valence-electron chi connectivity index (χ4n) is 3.07. The van der Waals surface area contributed by atoms with E-state index in [2.05, 4.69) is 26.6 Å². The highest BCUT2D eigenvalue weighted by Crippen LogP contribution is 2.29. The van der Waals surface area contributed by atoms with Crippen LogP contribution < -0.4 is 0 Å². The van der Waals surface area contributed by atoms with Gasteiger partial charge in [0.15, 0.2) is 0 Å². The molecule has 1 amide bonds. The molecule has 28 heavy (non-hydrogen) atoms. The number of fused-ring (bicyclic) bond motifs is 1. The quantitative estimate of drug-likeness (QED) is 0.545. The Hall–Kier alpha value is -2.04.